The van der Waals surface area contributed by atoms with Crippen molar-refractivity contribution < 1.29 is 4.52 Å². The van der Waals surface area contributed by atoms with Crippen molar-refractivity contribution in [2.24, 2.45) is 0 Å². The maximum Gasteiger partial charge on any atom is 0.130 e. The molecular formula is C3H2NOSi. The molecule has 0 unspecified atom stereocenters. The Hall–Kier alpha value is -0.573. The summed E-state index contributed by atoms with van der Waals surface area (Å²) in [5, 5.41) is 4.06. The molecule has 0 aliphatic heterocycles. The Labute approximate surface area is 38.6 Å². The molecule has 3 radical (unpaired) electrons. The van der Waals surface area contributed by atoms with Crippen LogP contribution in [0.25, 0.3) is 0 Å². The van der Waals surface area contributed by atoms with E-state index in [4.69, 9.17) is 0 Å². The van der Waals surface area contributed by atoms with Crippen LogP contribution in [0.4, 0.5) is 0 Å². The lowest BCUT2D eigenvalue weighted by atomic mass is 10.8. The fourth-order valence-electron chi connectivity index (χ4n) is 0.216. The Morgan fingerprint density at radius 3 is 2.83 bits per heavy atom. The van der Waals surface area contributed by atoms with Crippen LogP contribution in [0.15, 0.2) is 16.8 Å². The van der Waals surface area contributed by atoms with Crippen LogP contribution in [0, 0.1) is 0 Å². The molecule has 0 saturated heterocycles. The van der Waals surface area contributed by atoms with Crippen molar-refractivity contribution in [3.05, 3.63) is 12.3 Å². The van der Waals surface area contributed by atoms with Crippen molar-refractivity contribution in [2.75, 3.05) is 0 Å². The van der Waals surface area contributed by atoms with Gasteiger partial charge in [-0.3, -0.25) is 0 Å². The molecule has 29 valence electrons. The topological polar surface area (TPSA) is 26.0 Å². The molecule has 1 aromatic heterocycles. The van der Waals surface area contributed by atoms with Gasteiger partial charge in [0.2, 0.25) is 0 Å². The van der Waals surface area contributed by atoms with Gasteiger partial charge in [0.05, 0.1) is 6.20 Å². The van der Waals surface area contributed by atoms with Gasteiger partial charge in [0.15, 0.2) is 0 Å². The molecule has 0 amide bonds. The maximum absolute atomic E-state index is 4.50. The highest BCUT2D eigenvalue weighted by Gasteiger charge is 1.78. The van der Waals surface area contributed by atoms with Crippen LogP contribution in [0.2, 0.25) is 0 Å². The molecule has 0 bridgehead atoms. The first-order chi connectivity index (χ1) is 2.89. The van der Waals surface area contributed by atoms with Crippen molar-refractivity contribution in [3.8, 4) is 0 Å². The summed E-state index contributed by atoms with van der Waals surface area (Å²) in [7, 11) is 3.10. The summed E-state index contributed by atoms with van der Waals surface area (Å²) in [6.45, 7) is 0. The highest BCUT2D eigenvalue weighted by atomic mass is 28.1. The van der Waals surface area contributed by atoms with Gasteiger partial charge in [-0.15, -0.1) is 0 Å². The minimum atomic E-state index is 0.662. The summed E-state index contributed by atoms with van der Waals surface area (Å²) in [6.07, 6.45) is 1.57. The fraction of sp³-hybridized carbons (Fsp3) is 0. The first kappa shape index (κ1) is 3.61. The Kier molecular flexibility index (Phi) is 0.758. The van der Waals surface area contributed by atoms with Gasteiger partial charge in [-0.25, -0.2) is 0 Å². The first-order valence-electron chi connectivity index (χ1n) is 1.52. The third-order valence-corrected chi connectivity index (χ3v) is 0.696. The zero-order valence-corrected chi connectivity index (χ0v) is 4.01. The van der Waals surface area contributed by atoms with E-state index in [2.05, 4.69) is 19.9 Å². The van der Waals surface area contributed by atoms with Crippen LogP contribution in [-0.2, 0) is 0 Å². The highest BCUT2D eigenvalue weighted by molar-refractivity contribution is 6.29. The van der Waals surface area contributed by atoms with E-state index in [0.29, 0.717) is 5.38 Å². The third kappa shape index (κ3) is 0.489. The van der Waals surface area contributed by atoms with Crippen LogP contribution in [0.5, 0.6) is 0 Å². The zero-order chi connectivity index (χ0) is 4.41. The van der Waals surface area contributed by atoms with Crippen LogP contribution < -0.4 is 5.38 Å². The predicted octanol–water partition coefficient (Wildman–Crippen LogP) is -0.532. The first-order valence-corrected chi connectivity index (χ1v) is 2.02. The van der Waals surface area contributed by atoms with Gasteiger partial charge < -0.3 is 4.52 Å². The second-order valence-electron chi connectivity index (χ2n) is 0.877. The zero-order valence-electron chi connectivity index (χ0n) is 3.01. The smallest absolute Gasteiger partial charge is 0.130 e. The van der Waals surface area contributed by atoms with Crippen LogP contribution in [0.1, 0.15) is 0 Å². The molecule has 0 saturated carbocycles. The predicted molar refractivity (Wildman–Crippen MR) is 21.9 cm³/mol. The average molecular weight is 96.1 g/mol. The van der Waals surface area contributed by atoms with Crippen LogP contribution in [0.3, 0.4) is 0 Å². The summed E-state index contributed by atoms with van der Waals surface area (Å²) in [5.74, 6) is 0. The second kappa shape index (κ2) is 1.26. The molecule has 2 nitrogen and oxygen atoms in total. The molecule has 0 spiro atoms. The summed E-state index contributed by atoms with van der Waals surface area (Å²) >= 11 is 0. The van der Waals surface area contributed by atoms with Crippen molar-refractivity contribution >= 4 is 15.6 Å². The number of rotatable bonds is 0. The molecule has 0 aromatic carbocycles. The third-order valence-electron chi connectivity index (χ3n) is 0.438. The minimum absolute atomic E-state index is 0.662. The highest BCUT2D eigenvalue weighted by Crippen LogP contribution is 1.67. The van der Waals surface area contributed by atoms with Gasteiger partial charge >= 0.3 is 0 Å². The molecule has 1 aromatic rings. The molecule has 0 aliphatic rings. The monoisotopic (exact) mass is 96.0 g/mol. The van der Waals surface area contributed by atoms with Crippen molar-refractivity contribution in [2.45, 2.75) is 0 Å². The van der Waals surface area contributed by atoms with E-state index in [1.165, 1.54) is 0 Å². The normalized spacial score (nSPS) is 8.83. The molecule has 0 N–H and O–H groups in total. The lowest BCUT2D eigenvalue weighted by Crippen LogP contribution is -1.92. The molecule has 1 heterocycles. The molecule has 1 rings (SSSR count). The van der Waals surface area contributed by atoms with E-state index < -0.39 is 0 Å². The Bertz CT molecular complexity index is 114. The summed E-state index contributed by atoms with van der Waals surface area (Å²) in [5.41, 5.74) is 0. The summed E-state index contributed by atoms with van der Waals surface area (Å²) in [6, 6.07) is 1.72. The Balaban J connectivity index is 3.05. The van der Waals surface area contributed by atoms with Crippen LogP contribution >= 0.6 is 0 Å². The van der Waals surface area contributed by atoms with Crippen molar-refractivity contribution in [1.29, 1.82) is 0 Å². The molecule has 3 heteroatoms. The standard InChI is InChI=1S/C3H2NOSi/c6-3-1-2-4-5-3/h1-2H. The van der Waals surface area contributed by atoms with Gasteiger partial charge in [-0.2, -0.15) is 0 Å². The van der Waals surface area contributed by atoms with E-state index in [9.17, 15) is 0 Å². The number of hydrogen-bond acceptors (Lipinski definition) is 2. The second-order valence-corrected chi connectivity index (χ2v) is 1.37. The number of aromatic nitrogens is 1. The van der Waals surface area contributed by atoms with Crippen LogP contribution in [-0.4, -0.2) is 15.4 Å². The lowest BCUT2D eigenvalue weighted by Gasteiger charge is -1.65. The van der Waals surface area contributed by atoms with Gasteiger partial charge in [0.25, 0.3) is 0 Å². The SMILES string of the molecule is [Si]c1ccno1. The fourth-order valence-corrected chi connectivity index (χ4v) is 0.343. The van der Waals surface area contributed by atoms with Gasteiger partial charge in [0, 0.05) is 0 Å². The Morgan fingerprint density at radius 1 is 1.83 bits per heavy atom. The van der Waals surface area contributed by atoms with Crippen molar-refractivity contribution in [3.63, 3.8) is 0 Å². The molecule has 6 heavy (non-hydrogen) atoms. The van der Waals surface area contributed by atoms with E-state index in [1.54, 1.807) is 12.3 Å². The van der Waals surface area contributed by atoms with Gasteiger partial charge in [0.1, 0.15) is 15.6 Å². The molecule has 0 fully saturated rings. The van der Waals surface area contributed by atoms with Crippen molar-refractivity contribution in [1.82, 2.24) is 5.16 Å². The average Bonchev–Trinajstić information content (AvgIpc) is 1.86. The lowest BCUT2D eigenvalue weighted by molar-refractivity contribution is 0.446. The number of nitrogens with zero attached hydrogens (tertiary/aromatic N) is 1. The van der Waals surface area contributed by atoms with E-state index >= 15 is 0 Å². The van der Waals surface area contributed by atoms with Gasteiger partial charge in [-0.1, -0.05) is 5.16 Å². The number of hydrogen-bond donors (Lipinski definition) is 0. The molecule has 0 atom stereocenters. The largest absolute Gasteiger partial charge is 0.368 e. The van der Waals surface area contributed by atoms with E-state index in [-0.39, 0.29) is 0 Å². The quantitative estimate of drug-likeness (QED) is 0.406. The van der Waals surface area contributed by atoms with E-state index in [1.807, 2.05) is 0 Å². The minimum Gasteiger partial charge on any atom is -0.368 e. The van der Waals surface area contributed by atoms with Gasteiger partial charge in [-0.05, 0) is 6.07 Å². The summed E-state index contributed by atoms with van der Waals surface area (Å²) < 4.78 is 4.50. The van der Waals surface area contributed by atoms with E-state index in [0.717, 1.165) is 0 Å². The Morgan fingerprint density at radius 2 is 2.67 bits per heavy atom. The molecular weight excluding hydrogens is 94.1 g/mol. The maximum atomic E-state index is 4.50. The summed E-state index contributed by atoms with van der Waals surface area (Å²) in [4.78, 5) is 0. The molecule has 0 aliphatic carbocycles.